The van der Waals surface area contributed by atoms with Gasteiger partial charge < -0.3 is 10.4 Å². The molecule has 0 aliphatic heterocycles. The monoisotopic (exact) mass is 255 g/mol. The Hall–Kier alpha value is -2.13. The molecule has 2 aromatic rings. The molecule has 2 rings (SSSR count). The van der Waals surface area contributed by atoms with Crippen molar-refractivity contribution in [3.8, 4) is 5.75 Å². The maximum atomic E-state index is 12.1. The summed E-state index contributed by atoms with van der Waals surface area (Å²) in [5.41, 5.74) is 1.75. The third-order valence-electron chi connectivity index (χ3n) is 3.00. The Bertz CT molecular complexity index is 534. The molecule has 2 N–H and O–H groups in total. The maximum Gasteiger partial charge on any atom is 0.179 e. The molecule has 0 aliphatic rings. The van der Waals surface area contributed by atoms with Crippen LogP contribution in [0, 0.1) is 0 Å². The van der Waals surface area contributed by atoms with E-state index < -0.39 is 0 Å². The number of nitrogens with one attached hydrogen (secondary N) is 1. The largest absolute Gasteiger partial charge is 0.508 e. The number of hydrogen-bond donors (Lipinski definition) is 2. The Morgan fingerprint density at radius 1 is 1.11 bits per heavy atom. The molecular weight excluding hydrogens is 238 g/mol. The number of aromatic hydroxyl groups is 1. The van der Waals surface area contributed by atoms with Crippen LogP contribution in [0.1, 0.15) is 22.8 Å². The van der Waals surface area contributed by atoms with E-state index in [4.69, 9.17) is 0 Å². The minimum Gasteiger partial charge on any atom is -0.508 e. The number of Topliss-reactive ketones (excluding diaryl/α,β-unsaturated/α-hetero) is 1. The highest BCUT2D eigenvalue weighted by molar-refractivity contribution is 5.99. The second kappa shape index (κ2) is 6.16. The van der Waals surface area contributed by atoms with Crippen molar-refractivity contribution < 1.29 is 9.90 Å². The van der Waals surface area contributed by atoms with Crippen LogP contribution >= 0.6 is 0 Å². The summed E-state index contributed by atoms with van der Waals surface area (Å²) in [6.07, 6.45) is 0. The molecule has 0 saturated carbocycles. The van der Waals surface area contributed by atoms with E-state index in [1.54, 1.807) is 12.1 Å². The molecule has 3 heteroatoms. The van der Waals surface area contributed by atoms with E-state index in [9.17, 15) is 9.90 Å². The SMILES string of the molecule is C[C@H](NCc1ccccc1)C(=O)c1ccc(O)cc1. The highest BCUT2D eigenvalue weighted by atomic mass is 16.3. The normalized spacial score (nSPS) is 12.1. The standard InChI is InChI=1S/C16H17NO2/c1-12(17-11-13-5-3-2-4-6-13)16(19)14-7-9-15(18)10-8-14/h2-10,12,17-18H,11H2,1H3/t12-/m0/s1. The van der Waals surface area contributed by atoms with Gasteiger partial charge in [0.05, 0.1) is 6.04 Å². The predicted molar refractivity (Wildman–Crippen MR) is 75.2 cm³/mol. The molecule has 19 heavy (non-hydrogen) atoms. The highest BCUT2D eigenvalue weighted by Gasteiger charge is 2.14. The van der Waals surface area contributed by atoms with Crippen LogP contribution < -0.4 is 5.32 Å². The van der Waals surface area contributed by atoms with Gasteiger partial charge >= 0.3 is 0 Å². The number of carbonyl (C=O) groups is 1. The van der Waals surface area contributed by atoms with Crippen LogP contribution in [0.5, 0.6) is 5.75 Å². The Labute approximate surface area is 112 Å². The Morgan fingerprint density at radius 3 is 2.37 bits per heavy atom. The minimum atomic E-state index is -0.259. The molecular formula is C16H17NO2. The molecule has 0 aromatic heterocycles. The molecule has 0 saturated heterocycles. The summed E-state index contributed by atoms with van der Waals surface area (Å²) in [5, 5.41) is 12.4. The van der Waals surface area contributed by atoms with Crippen LogP contribution in [0.2, 0.25) is 0 Å². The second-order valence-electron chi connectivity index (χ2n) is 4.50. The Morgan fingerprint density at radius 2 is 1.74 bits per heavy atom. The van der Waals surface area contributed by atoms with Crippen LogP contribution in [0.25, 0.3) is 0 Å². The first-order chi connectivity index (χ1) is 9.16. The minimum absolute atomic E-state index is 0.0240. The van der Waals surface area contributed by atoms with Crippen molar-refractivity contribution in [1.29, 1.82) is 0 Å². The topological polar surface area (TPSA) is 49.3 Å². The molecule has 0 unspecified atom stereocenters. The molecule has 0 heterocycles. The number of carbonyl (C=O) groups excluding carboxylic acids is 1. The summed E-state index contributed by atoms with van der Waals surface area (Å²) < 4.78 is 0. The van der Waals surface area contributed by atoms with E-state index in [0.717, 1.165) is 5.56 Å². The number of phenols is 1. The van der Waals surface area contributed by atoms with Crippen LogP contribution in [-0.4, -0.2) is 16.9 Å². The van der Waals surface area contributed by atoms with Gasteiger partial charge in [0, 0.05) is 12.1 Å². The summed E-state index contributed by atoms with van der Waals surface area (Å²) in [6.45, 7) is 2.50. The average Bonchev–Trinajstić information content (AvgIpc) is 2.46. The van der Waals surface area contributed by atoms with Crippen LogP contribution in [-0.2, 0) is 6.54 Å². The summed E-state index contributed by atoms with van der Waals surface area (Å²) in [7, 11) is 0. The van der Waals surface area contributed by atoms with E-state index in [2.05, 4.69) is 5.32 Å². The van der Waals surface area contributed by atoms with Crippen LogP contribution in [0.15, 0.2) is 54.6 Å². The lowest BCUT2D eigenvalue weighted by atomic mass is 10.1. The second-order valence-corrected chi connectivity index (χ2v) is 4.50. The van der Waals surface area contributed by atoms with E-state index in [1.807, 2.05) is 37.3 Å². The molecule has 0 aliphatic carbocycles. The molecule has 0 bridgehead atoms. The van der Waals surface area contributed by atoms with Crippen molar-refractivity contribution in [3.63, 3.8) is 0 Å². The van der Waals surface area contributed by atoms with Crippen LogP contribution in [0.3, 0.4) is 0 Å². The van der Waals surface area contributed by atoms with Gasteiger partial charge in [-0.2, -0.15) is 0 Å². The fourth-order valence-corrected chi connectivity index (χ4v) is 1.84. The third-order valence-corrected chi connectivity index (χ3v) is 3.00. The summed E-state index contributed by atoms with van der Waals surface area (Å²) in [5.74, 6) is 0.192. The lowest BCUT2D eigenvalue weighted by Gasteiger charge is -2.13. The van der Waals surface area contributed by atoms with Gasteiger partial charge in [-0.15, -0.1) is 0 Å². The molecule has 0 fully saturated rings. The average molecular weight is 255 g/mol. The fraction of sp³-hybridized carbons (Fsp3) is 0.188. The first-order valence-electron chi connectivity index (χ1n) is 6.27. The van der Waals surface area contributed by atoms with Crippen LogP contribution in [0.4, 0.5) is 0 Å². The lowest BCUT2D eigenvalue weighted by Crippen LogP contribution is -2.33. The van der Waals surface area contributed by atoms with Gasteiger partial charge in [0.1, 0.15) is 5.75 Å². The quantitative estimate of drug-likeness (QED) is 0.808. The predicted octanol–water partition coefficient (Wildman–Crippen LogP) is 2.75. The van der Waals surface area contributed by atoms with E-state index in [0.29, 0.717) is 12.1 Å². The highest BCUT2D eigenvalue weighted by Crippen LogP contribution is 2.11. The molecule has 0 radical (unpaired) electrons. The van der Waals surface area contributed by atoms with Crippen molar-refractivity contribution in [1.82, 2.24) is 5.32 Å². The van der Waals surface area contributed by atoms with Crippen molar-refractivity contribution >= 4 is 5.78 Å². The molecule has 1 atom stereocenters. The van der Waals surface area contributed by atoms with Gasteiger partial charge in [-0.3, -0.25) is 4.79 Å². The summed E-state index contributed by atoms with van der Waals surface area (Å²) >= 11 is 0. The molecule has 0 spiro atoms. The van der Waals surface area contributed by atoms with Gasteiger partial charge in [-0.1, -0.05) is 30.3 Å². The summed E-state index contributed by atoms with van der Waals surface area (Å²) in [4.78, 5) is 12.1. The van der Waals surface area contributed by atoms with E-state index >= 15 is 0 Å². The molecule has 2 aromatic carbocycles. The van der Waals surface area contributed by atoms with Crippen molar-refractivity contribution in [2.75, 3.05) is 0 Å². The third kappa shape index (κ3) is 3.66. The zero-order chi connectivity index (χ0) is 13.7. The number of benzene rings is 2. The van der Waals surface area contributed by atoms with Gasteiger partial charge in [0.25, 0.3) is 0 Å². The van der Waals surface area contributed by atoms with E-state index in [1.165, 1.54) is 12.1 Å². The maximum absolute atomic E-state index is 12.1. The van der Waals surface area contributed by atoms with Crippen molar-refractivity contribution in [3.05, 3.63) is 65.7 Å². The summed E-state index contributed by atoms with van der Waals surface area (Å²) in [6, 6.07) is 16.0. The van der Waals surface area contributed by atoms with E-state index in [-0.39, 0.29) is 17.6 Å². The molecule has 98 valence electrons. The number of ketones is 1. The fourth-order valence-electron chi connectivity index (χ4n) is 1.84. The van der Waals surface area contributed by atoms with Gasteiger partial charge in [0.15, 0.2) is 5.78 Å². The first-order valence-corrected chi connectivity index (χ1v) is 6.27. The Balaban J connectivity index is 1.94. The zero-order valence-corrected chi connectivity index (χ0v) is 10.8. The van der Waals surface area contributed by atoms with Crippen molar-refractivity contribution in [2.45, 2.75) is 19.5 Å². The Kier molecular flexibility index (Phi) is 4.31. The lowest BCUT2D eigenvalue weighted by molar-refractivity contribution is 0.0950. The van der Waals surface area contributed by atoms with Gasteiger partial charge in [0.2, 0.25) is 0 Å². The number of hydrogen-bond acceptors (Lipinski definition) is 3. The number of phenolic OH excluding ortho intramolecular Hbond substituents is 1. The first kappa shape index (κ1) is 13.3. The van der Waals surface area contributed by atoms with Gasteiger partial charge in [-0.25, -0.2) is 0 Å². The van der Waals surface area contributed by atoms with Gasteiger partial charge in [-0.05, 0) is 36.8 Å². The molecule has 3 nitrogen and oxygen atoms in total. The van der Waals surface area contributed by atoms with Crippen molar-refractivity contribution in [2.24, 2.45) is 0 Å². The zero-order valence-electron chi connectivity index (χ0n) is 10.8. The smallest absolute Gasteiger partial charge is 0.179 e. The molecule has 0 amide bonds. The number of rotatable bonds is 5.